The Morgan fingerprint density at radius 2 is 1.71 bits per heavy atom. The Hall–Kier alpha value is 0.590. The molecule has 1 aromatic heterocycles. The maximum absolute atomic E-state index is 6.14. The van der Waals surface area contributed by atoms with Crippen molar-refractivity contribution >= 4 is 58.0 Å². The second-order valence-corrected chi connectivity index (χ2v) is 7.79. The highest BCUT2D eigenvalue weighted by Gasteiger charge is 2.51. The maximum atomic E-state index is 6.14. The number of aromatic nitrogens is 3. The molecule has 0 aromatic carbocycles. The predicted octanol–water partition coefficient (Wildman–Crippen LogP) is 4.01. The minimum atomic E-state index is -1.86. The van der Waals surface area contributed by atoms with Crippen LogP contribution in [-0.4, -0.2) is 18.8 Å². The quantitative estimate of drug-likeness (QED) is 0.779. The number of halogens is 5. The molecule has 0 aliphatic carbocycles. The molecule has 8 heteroatoms. The minimum Gasteiger partial charge on any atom is -0.249 e. The molecule has 0 aliphatic rings. The predicted molar refractivity (Wildman–Crippen MR) is 73.2 cm³/mol. The average molecular weight is 339 g/mol. The first kappa shape index (κ1) is 15.6. The van der Waals surface area contributed by atoms with Crippen molar-refractivity contribution in [1.29, 1.82) is 0 Å². The fraction of sp³-hybridized carbons (Fsp3) is 0.778. The molecule has 1 aromatic rings. The number of rotatable bonds is 3. The molecule has 0 bridgehead atoms. The molecule has 1 rings (SSSR count). The van der Waals surface area contributed by atoms with Gasteiger partial charge in [0, 0.05) is 7.05 Å². The Labute approximate surface area is 125 Å². The molecular formula is C9H12Cl5N3. The van der Waals surface area contributed by atoms with E-state index in [1.54, 1.807) is 7.05 Å². The van der Waals surface area contributed by atoms with Gasteiger partial charge in [0.2, 0.25) is 8.13 Å². The van der Waals surface area contributed by atoms with Crippen LogP contribution in [0.4, 0.5) is 0 Å². The van der Waals surface area contributed by atoms with Crippen LogP contribution in [0.1, 0.15) is 25.2 Å². The van der Waals surface area contributed by atoms with Crippen molar-refractivity contribution in [3.8, 4) is 0 Å². The van der Waals surface area contributed by atoms with Crippen molar-refractivity contribution in [1.82, 2.24) is 15.0 Å². The van der Waals surface area contributed by atoms with Crippen LogP contribution in [0.2, 0.25) is 0 Å². The number of hydrogen-bond acceptors (Lipinski definition) is 2. The monoisotopic (exact) mass is 337 g/mol. The topological polar surface area (TPSA) is 30.7 Å². The first-order valence-corrected chi connectivity index (χ1v) is 6.80. The Balaban J connectivity index is 3.25. The lowest BCUT2D eigenvalue weighted by molar-refractivity contribution is 0.622. The Morgan fingerprint density at radius 1 is 1.18 bits per heavy atom. The van der Waals surface area contributed by atoms with Crippen LogP contribution in [0.25, 0.3) is 0 Å². The van der Waals surface area contributed by atoms with Gasteiger partial charge in [0.25, 0.3) is 0 Å². The van der Waals surface area contributed by atoms with Gasteiger partial charge in [0.1, 0.15) is 5.69 Å². The van der Waals surface area contributed by atoms with Gasteiger partial charge in [-0.15, -0.1) is 5.10 Å². The van der Waals surface area contributed by atoms with Crippen molar-refractivity contribution in [3.63, 3.8) is 0 Å². The zero-order valence-electron chi connectivity index (χ0n) is 9.52. The van der Waals surface area contributed by atoms with Crippen LogP contribution >= 0.6 is 58.0 Å². The summed E-state index contributed by atoms with van der Waals surface area (Å²) in [4.78, 5) is 0. The molecule has 17 heavy (non-hydrogen) atoms. The third kappa shape index (κ3) is 3.32. The second-order valence-electron chi connectivity index (χ2n) is 4.18. The van der Waals surface area contributed by atoms with E-state index in [0.29, 0.717) is 23.7 Å². The van der Waals surface area contributed by atoms with Gasteiger partial charge in [0.15, 0.2) is 0 Å². The summed E-state index contributed by atoms with van der Waals surface area (Å²) in [5.74, 6) is 0.366. The first-order valence-electron chi connectivity index (χ1n) is 4.91. The third-order valence-corrected chi connectivity index (χ3v) is 4.51. The lowest BCUT2D eigenvalue weighted by Gasteiger charge is -2.28. The largest absolute Gasteiger partial charge is 0.249 e. The maximum Gasteiger partial charge on any atom is 0.228 e. The third-order valence-electron chi connectivity index (χ3n) is 2.15. The van der Waals surface area contributed by atoms with E-state index in [1.165, 1.54) is 4.68 Å². The van der Waals surface area contributed by atoms with Gasteiger partial charge in [-0.2, -0.15) is 0 Å². The summed E-state index contributed by atoms with van der Waals surface area (Å²) in [6.07, 6.45) is 0.658. The molecule has 98 valence electrons. The smallest absolute Gasteiger partial charge is 0.228 e. The average Bonchev–Trinajstić information content (AvgIpc) is 2.44. The normalized spacial score (nSPS) is 13.5. The molecule has 0 fully saturated rings. The molecule has 0 saturated carbocycles. The molecule has 0 amide bonds. The van der Waals surface area contributed by atoms with Gasteiger partial charge in [-0.25, -0.2) is 4.68 Å². The number of aryl methyl sites for hydroxylation is 1. The zero-order chi connectivity index (χ0) is 13.4. The fourth-order valence-electron chi connectivity index (χ4n) is 1.44. The number of hydrogen-bond donors (Lipinski definition) is 0. The van der Waals surface area contributed by atoms with Crippen LogP contribution in [0.3, 0.4) is 0 Å². The molecule has 0 radical (unpaired) electrons. The van der Waals surface area contributed by atoms with Crippen LogP contribution in [0.5, 0.6) is 0 Å². The minimum absolute atomic E-state index is 0.366. The first-order chi connectivity index (χ1) is 7.57. The molecule has 3 nitrogen and oxygen atoms in total. The highest BCUT2D eigenvalue weighted by molar-refractivity contribution is 6.75. The molecular weight excluding hydrogens is 327 g/mol. The van der Waals surface area contributed by atoms with Gasteiger partial charge in [-0.3, -0.25) is 0 Å². The van der Waals surface area contributed by atoms with Gasteiger partial charge < -0.3 is 0 Å². The summed E-state index contributed by atoms with van der Waals surface area (Å²) in [5.41, 5.74) is 1.05. The summed E-state index contributed by atoms with van der Waals surface area (Å²) in [5, 5.41) is 7.88. The zero-order valence-corrected chi connectivity index (χ0v) is 13.3. The number of alkyl halides is 5. The van der Waals surface area contributed by atoms with Crippen molar-refractivity contribution in [2.75, 3.05) is 0 Å². The molecule has 0 unspecified atom stereocenters. The molecule has 0 N–H and O–H groups in total. The molecule has 0 spiro atoms. The Bertz CT molecular complexity index is 394. The van der Waals surface area contributed by atoms with Gasteiger partial charge in [-0.1, -0.05) is 77.1 Å². The van der Waals surface area contributed by atoms with Crippen molar-refractivity contribution in [2.45, 2.75) is 28.4 Å². The Morgan fingerprint density at radius 3 is 2.12 bits per heavy atom. The van der Waals surface area contributed by atoms with E-state index in [-0.39, 0.29) is 0 Å². The standard InChI is InChI=1S/C9H12Cl5N3/c1-5(2)4-6-7(17(3)16-15-6)8(10,11)9(12,13)14/h5H,4H2,1-3H3. The van der Waals surface area contributed by atoms with Crippen molar-refractivity contribution < 1.29 is 0 Å². The van der Waals surface area contributed by atoms with E-state index < -0.39 is 8.13 Å². The van der Waals surface area contributed by atoms with Crippen molar-refractivity contribution in [2.24, 2.45) is 13.0 Å². The van der Waals surface area contributed by atoms with E-state index in [9.17, 15) is 0 Å². The highest BCUT2D eigenvalue weighted by atomic mass is 35.6. The van der Waals surface area contributed by atoms with E-state index in [1.807, 2.05) is 13.8 Å². The second kappa shape index (κ2) is 5.30. The Kier molecular flexibility index (Phi) is 4.88. The lowest BCUT2D eigenvalue weighted by atomic mass is 10.1. The van der Waals surface area contributed by atoms with Crippen LogP contribution in [-0.2, 0) is 17.8 Å². The van der Waals surface area contributed by atoms with Gasteiger partial charge in [-0.05, 0) is 12.3 Å². The number of nitrogens with zero attached hydrogens (tertiary/aromatic N) is 3. The molecule has 0 atom stereocenters. The molecule has 0 aliphatic heterocycles. The molecule has 0 saturated heterocycles. The molecule has 1 heterocycles. The summed E-state index contributed by atoms with van der Waals surface area (Å²) < 4.78 is -2.13. The summed E-state index contributed by atoms with van der Waals surface area (Å²) in [6, 6.07) is 0. The SMILES string of the molecule is CC(C)Cc1nnn(C)c1C(Cl)(Cl)C(Cl)(Cl)Cl. The lowest BCUT2D eigenvalue weighted by Crippen LogP contribution is -2.32. The summed E-state index contributed by atoms with van der Waals surface area (Å²) in [6.45, 7) is 4.08. The summed E-state index contributed by atoms with van der Waals surface area (Å²) in [7, 11) is 1.65. The van der Waals surface area contributed by atoms with Crippen molar-refractivity contribution in [3.05, 3.63) is 11.4 Å². The van der Waals surface area contributed by atoms with E-state index in [2.05, 4.69) is 10.3 Å². The highest BCUT2D eigenvalue weighted by Crippen LogP contribution is 2.53. The van der Waals surface area contributed by atoms with Crippen LogP contribution in [0, 0.1) is 5.92 Å². The fourth-order valence-corrected chi connectivity index (χ4v) is 2.17. The van der Waals surface area contributed by atoms with Gasteiger partial charge in [0.05, 0.1) is 5.69 Å². The van der Waals surface area contributed by atoms with E-state index in [0.717, 1.165) is 0 Å². The van der Waals surface area contributed by atoms with Crippen LogP contribution < -0.4 is 0 Å². The van der Waals surface area contributed by atoms with E-state index >= 15 is 0 Å². The van der Waals surface area contributed by atoms with Crippen LogP contribution in [0.15, 0.2) is 0 Å². The van der Waals surface area contributed by atoms with E-state index in [4.69, 9.17) is 58.0 Å². The van der Waals surface area contributed by atoms with Gasteiger partial charge >= 0.3 is 0 Å². The summed E-state index contributed by atoms with van der Waals surface area (Å²) >= 11 is 29.7.